The van der Waals surface area contributed by atoms with Gasteiger partial charge in [0.05, 0.1) is 6.07 Å². The van der Waals surface area contributed by atoms with Gasteiger partial charge in [-0.1, -0.05) is 6.92 Å². The lowest BCUT2D eigenvalue weighted by Crippen LogP contribution is -2.28. The zero-order chi connectivity index (χ0) is 7.56. The quantitative estimate of drug-likeness (QED) is 0.539. The molecule has 0 amide bonds. The molecule has 2 nitrogen and oxygen atoms in total. The Kier molecular flexibility index (Phi) is 2.06. The van der Waals surface area contributed by atoms with E-state index in [1.54, 1.807) is 0 Å². The van der Waals surface area contributed by atoms with Gasteiger partial charge in [-0.15, -0.1) is 0 Å². The van der Waals surface area contributed by atoms with Crippen molar-refractivity contribution in [2.75, 3.05) is 0 Å². The molecule has 1 fully saturated rings. The van der Waals surface area contributed by atoms with E-state index in [0.717, 1.165) is 25.0 Å². The van der Waals surface area contributed by atoms with Crippen LogP contribution in [0.15, 0.2) is 0 Å². The summed E-state index contributed by atoms with van der Waals surface area (Å²) in [6, 6.07) is 2.01. The fraction of sp³-hybridized carbons (Fsp3) is 0.750. The first-order valence-corrected chi connectivity index (χ1v) is 3.62. The van der Waals surface area contributed by atoms with E-state index in [0.29, 0.717) is 5.92 Å². The molecule has 0 aliphatic heterocycles. The summed E-state index contributed by atoms with van der Waals surface area (Å²) in [5.74, 6) is 0.745. The monoisotopic (exact) mass is 137 g/mol. The maximum Gasteiger partial charge on any atom is 0.137 e. The first-order valence-electron chi connectivity index (χ1n) is 3.62. The van der Waals surface area contributed by atoms with Crippen molar-refractivity contribution in [3.8, 4) is 6.07 Å². The zero-order valence-electron chi connectivity index (χ0n) is 6.08. The van der Waals surface area contributed by atoms with Gasteiger partial charge in [0, 0.05) is 0 Å². The predicted molar refractivity (Wildman–Crippen MR) is 37.1 cm³/mol. The van der Waals surface area contributed by atoms with Crippen molar-refractivity contribution in [2.45, 2.75) is 19.8 Å². The number of nitriles is 1. The van der Waals surface area contributed by atoms with Crippen LogP contribution in [0.2, 0.25) is 0 Å². The molecule has 1 aliphatic carbocycles. The van der Waals surface area contributed by atoms with Crippen molar-refractivity contribution < 1.29 is 4.79 Å². The fourth-order valence-corrected chi connectivity index (χ4v) is 1.50. The highest BCUT2D eigenvalue weighted by Crippen LogP contribution is 2.37. The second kappa shape index (κ2) is 2.83. The Bertz CT molecular complexity index is 165. The van der Waals surface area contributed by atoms with Crippen molar-refractivity contribution in [3.63, 3.8) is 0 Å². The molecule has 1 saturated carbocycles. The van der Waals surface area contributed by atoms with Crippen LogP contribution in [0.4, 0.5) is 0 Å². The van der Waals surface area contributed by atoms with Gasteiger partial charge in [-0.2, -0.15) is 5.26 Å². The molecule has 1 rings (SSSR count). The second-order valence-corrected chi connectivity index (χ2v) is 3.13. The number of carbonyl (C=O) groups excluding carboxylic acids is 1. The first kappa shape index (κ1) is 7.27. The molecule has 0 saturated heterocycles. The highest BCUT2D eigenvalue weighted by atomic mass is 16.1. The van der Waals surface area contributed by atoms with E-state index in [4.69, 9.17) is 5.26 Å². The summed E-state index contributed by atoms with van der Waals surface area (Å²) in [5.41, 5.74) is 0. The van der Waals surface area contributed by atoms with Gasteiger partial charge in [0.2, 0.25) is 0 Å². The SMILES string of the molecule is CC1CC(C(C#N)C=O)C1. The molecule has 0 bridgehead atoms. The standard InChI is InChI=1S/C8H11NO/c1-6-2-7(3-6)8(4-9)5-10/h5-8H,2-3H2,1H3. The van der Waals surface area contributed by atoms with Gasteiger partial charge in [0.15, 0.2) is 0 Å². The topological polar surface area (TPSA) is 40.9 Å². The minimum Gasteiger partial charge on any atom is -0.302 e. The van der Waals surface area contributed by atoms with Crippen LogP contribution in [-0.4, -0.2) is 6.29 Å². The van der Waals surface area contributed by atoms with Crippen LogP contribution in [-0.2, 0) is 4.79 Å². The van der Waals surface area contributed by atoms with Crippen LogP contribution in [0.25, 0.3) is 0 Å². The van der Waals surface area contributed by atoms with E-state index in [9.17, 15) is 4.79 Å². The molecule has 0 aromatic heterocycles. The lowest BCUT2D eigenvalue weighted by Gasteiger charge is -2.33. The highest BCUT2D eigenvalue weighted by Gasteiger charge is 2.31. The van der Waals surface area contributed by atoms with E-state index in [1.165, 1.54) is 0 Å². The Morgan fingerprint density at radius 2 is 2.30 bits per heavy atom. The number of hydrogen-bond donors (Lipinski definition) is 0. The number of nitrogens with zero attached hydrogens (tertiary/aromatic N) is 1. The molecule has 1 unspecified atom stereocenters. The lowest BCUT2D eigenvalue weighted by atomic mass is 9.70. The van der Waals surface area contributed by atoms with Crippen molar-refractivity contribution in [1.29, 1.82) is 5.26 Å². The Morgan fingerprint density at radius 1 is 1.70 bits per heavy atom. The van der Waals surface area contributed by atoms with Gasteiger partial charge >= 0.3 is 0 Å². The maximum atomic E-state index is 10.3. The van der Waals surface area contributed by atoms with E-state index in [2.05, 4.69) is 6.92 Å². The molecule has 2 heteroatoms. The van der Waals surface area contributed by atoms with Crippen molar-refractivity contribution >= 4 is 6.29 Å². The molecule has 54 valence electrons. The second-order valence-electron chi connectivity index (χ2n) is 3.13. The van der Waals surface area contributed by atoms with Gasteiger partial charge in [0.1, 0.15) is 12.2 Å². The zero-order valence-corrected chi connectivity index (χ0v) is 6.08. The van der Waals surface area contributed by atoms with Crippen molar-refractivity contribution in [2.24, 2.45) is 17.8 Å². The third kappa shape index (κ3) is 1.18. The molecular weight excluding hydrogens is 126 g/mol. The minimum atomic E-state index is -0.337. The van der Waals surface area contributed by atoms with Crippen LogP contribution in [0.1, 0.15) is 19.8 Å². The number of hydrogen-bond acceptors (Lipinski definition) is 2. The average molecular weight is 137 g/mol. The molecule has 1 aliphatic rings. The Hall–Kier alpha value is -0.840. The van der Waals surface area contributed by atoms with Crippen LogP contribution < -0.4 is 0 Å². The van der Waals surface area contributed by atoms with Gasteiger partial charge in [-0.3, -0.25) is 0 Å². The van der Waals surface area contributed by atoms with Gasteiger partial charge in [0.25, 0.3) is 0 Å². The summed E-state index contributed by atoms with van der Waals surface area (Å²) in [6.07, 6.45) is 2.88. The van der Waals surface area contributed by atoms with E-state index in [-0.39, 0.29) is 5.92 Å². The minimum absolute atomic E-state index is 0.337. The van der Waals surface area contributed by atoms with E-state index >= 15 is 0 Å². The van der Waals surface area contributed by atoms with Gasteiger partial charge in [-0.25, -0.2) is 0 Å². The third-order valence-electron chi connectivity index (χ3n) is 2.21. The van der Waals surface area contributed by atoms with Crippen LogP contribution in [0.3, 0.4) is 0 Å². The molecule has 0 aromatic carbocycles. The lowest BCUT2D eigenvalue weighted by molar-refractivity contribution is -0.112. The summed E-state index contributed by atoms with van der Waals surface area (Å²) in [7, 11) is 0. The Labute approximate surface area is 60.8 Å². The number of rotatable bonds is 2. The molecule has 0 spiro atoms. The number of aldehydes is 1. The molecule has 0 heterocycles. The molecule has 1 atom stereocenters. The van der Waals surface area contributed by atoms with Crippen LogP contribution in [0, 0.1) is 29.1 Å². The highest BCUT2D eigenvalue weighted by molar-refractivity contribution is 5.58. The van der Waals surface area contributed by atoms with Crippen LogP contribution >= 0.6 is 0 Å². The molecular formula is C8H11NO. The maximum absolute atomic E-state index is 10.3. The average Bonchev–Trinajstić information content (AvgIpc) is 1.87. The third-order valence-corrected chi connectivity index (χ3v) is 2.21. The summed E-state index contributed by atoms with van der Waals surface area (Å²) < 4.78 is 0. The number of carbonyl (C=O) groups is 1. The molecule has 0 N–H and O–H groups in total. The van der Waals surface area contributed by atoms with E-state index in [1.807, 2.05) is 6.07 Å². The summed E-state index contributed by atoms with van der Waals surface area (Å²) >= 11 is 0. The molecule has 0 aromatic rings. The Morgan fingerprint density at radius 3 is 2.60 bits per heavy atom. The van der Waals surface area contributed by atoms with Gasteiger partial charge < -0.3 is 4.79 Å². The largest absolute Gasteiger partial charge is 0.302 e. The normalized spacial score (nSPS) is 33.6. The summed E-state index contributed by atoms with van der Waals surface area (Å²) in [5, 5.41) is 8.47. The Balaban J connectivity index is 2.37. The summed E-state index contributed by atoms with van der Waals surface area (Å²) in [6.45, 7) is 2.15. The van der Waals surface area contributed by atoms with Crippen molar-refractivity contribution in [3.05, 3.63) is 0 Å². The van der Waals surface area contributed by atoms with Crippen molar-refractivity contribution in [1.82, 2.24) is 0 Å². The van der Waals surface area contributed by atoms with E-state index < -0.39 is 0 Å². The molecule has 0 radical (unpaired) electrons. The smallest absolute Gasteiger partial charge is 0.137 e. The molecule has 10 heavy (non-hydrogen) atoms. The van der Waals surface area contributed by atoms with Gasteiger partial charge in [-0.05, 0) is 24.7 Å². The summed E-state index contributed by atoms with van der Waals surface area (Å²) in [4.78, 5) is 10.3. The fourth-order valence-electron chi connectivity index (χ4n) is 1.50. The van der Waals surface area contributed by atoms with Crippen LogP contribution in [0.5, 0.6) is 0 Å². The first-order chi connectivity index (χ1) is 4.77. The predicted octanol–water partition coefficient (Wildman–Crippen LogP) is 1.37.